The number of para-hydroxylation sites is 1. The van der Waals surface area contributed by atoms with Crippen LogP contribution in [0.15, 0.2) is 35.0 Å². The second-order valence-electron chi connectivity index (χ2n) is 6.71. The summed E-state index contributed by atoms with van der Waals surface area (Å²) in [4.78, 5) is 27.4. The fourth-order valence-electron chi connectivity index (χ4n) is 3.98. The Morgan fingerprint density at radius 1 is 1.15 bits per heavy atom. The zero-order valence-electron chi connectivity index (χ0n) is 16.2. The van der Waals surface area contributed by atoms with Gasteiger partial charge in [-0.2, -0.15) is 0 Å². The summed E-state index contributed by atoms with van der Waals surface area (Å²) in [5.74, 6) is 0.408. The van der Waals surface area contributed by atoms with Gasteiger partial charge in [0.2, 0.25) is 0 Å². The maximum Gasteiger partial charge on any atom is 0.340 e. The number of nitrogens with zero attached hydrogens (tertiary/aromatic N) is 1. The molecule has 0 unspecified atom stereocenters. The first-order chi connectivity index (χ1) is 13.0. The topological polar surface area (TPSA) is 65.1 Å². The zero-order valence-corrected chi connectivity index (χ0v) is 16.2. The first kappa shape index (κ1) is 19.0. The smallest absolute Gasteiger partial charge is 0.340 e. The minimum absolute atomic E-state index is 0.135. The van der Waals surface area contributed by atoms with Crippen molar-refractivity contribution in [2.45, 2.75) is 38.6 Å². The summed E-state index contributed by atoms with van der Waals surface area (Å²) in [5, 5.41) is 0. The maximum atomic E-state index is 13.2. The number of carbonyl (C=O) groups excluding carboxylic acids is 2. The molecule has 144 valence electrons. The van der Waals surface area contributed by atoms with Crippen molar-refractivity contribution in [1.82, 2.24) is 4.90 Å². The van der Waals surface area contributed by atoms with Gasteiger partial charge in [-0.25, -0.2) is 4.79 Å². The lowest BCUT2D eigenvalue weighted by atomic mass is 10.0. The molecule has 0 radical (unpaired) electrons. The molecule has 3 rings (SSSR count). The average molecular weight is 371 g/mol. The fourth-order valence-corrected chi connectivity index (χ4v) is 3.98. The number of amides is 1. The van der Waals surface area contributed by atoms with Crippen LogP contribution in [0.5, 0.6) is 11.5 Å². The van der Waals surface area contributed by atoms with Gasteiger partial charge >= 0.3 is 5.97 Å². The largest absolute Gasteiger partial charge is 0.493 e. The van der Waals surface area contributed by atoms with Crippen molar-refractivity contribution in [1.29, 1.82) is 0 Å². The van der Waals surface area contributed by atoms with Gasteiger partial charge in [0.1, 0.15) is 0 Å². The van der Waals surface area contributed by atoms with Crippen molar-refractivity contribution < 1.29 is 23.8 Å². The molecule has 1 fully saturated rings. The number of hydrogen-bond acceptors (Lipinski definition) is 5. The Bertz CT molecular complexity index is 818. The van der Waals surface area contributed by atoms with E-state index in [4.69, 9.17) is 14.2 Å². The minimum atomic E-state index is -0.505. The Morgan fingerprint density at radius 2 is 1.85 bits per heavy atom. The van der Waals surface area contributed by atoms with E-state index in [9.17, 15) is 9.59 Å². The second-order valence-corrected chi connectivity index (χ2v) is 6.71. The highest BCUT2D eigenvalue weighted by atomic mass is 16.5. The summed E-state index contributed by atoms with van der Waals surface area (Å²) in [6.45, 7) is 1.81. The Labute approximate surface area is 159 Å². The second kappa shape index (κ2) is 7.86. The lowest BCUT2D eigenvalue weighted by Crippen LogP contribution is -2.34. The molecule has 27 heavy (non-hydrogen) atoms. The van der Waals surface area contributed by atoms with E-state index < -0.39 is 5.97 Å². The van der Waals surface area contributed by atoms with Crippen molar-refractivity contribution in [3.8, 4) is 11.5 Å². The number of methoxy groups -OCH3 is 3. The molecule has 0 aromatic heterocycles. The third-order valence-electron chi connectivity index (χ3n) is 5.25. The van der Waals surface area contributed by atoms with Crippen molar-refractivity contribution in [2.24, 2.45) is 0 Å². The SMILES string of the molecule is COC(=O)C1=C(C)N(C2CCCC2)C(=O)/C1=C\c1cccc(OC)c1OC. The third-order valence-corrected chi connectivity index (χ3v) is 5.25. The van der Waals surface area contributed by atoms with Gasteiger partial charge in [0.05, 0.1) is 32.5 Å². The van der Waals surface area contributed by atoms with Crippen LogP contribution in [-0.2, 0) is 14.3 Å². The van der Waals surface area contributed by atoms with Crippen LogP contribution in [0.1, 0.15) is 38.2 Å². The highest BCUT2D eigenvalue weighted by Gasteiger charge is 2.41. The van der Waals surface area contributed by atoms with Gasteiger partial charge in [0.25, 0.3) is 5.91 Å². The molecular weight excluding hydrogens is 346 g/mol. The van der Waals surface area contributed by atoms with Gasteiger partial charge in [-0.05, 0) is 31.9 Å². The van der Waals surface area contributed by atoms with Crippen LogP contribution in [0.25, 0.3) is 6.08 Å². The number of benzene rings is 1. The Balaban J connectivity index is 2.12. The van der Waals surface area contributed by atoms with E-state index in [0.717, 1.165) is 25.7 Å². The van der Waals surface area contributed by atoms with Crippen molar-refractivity contribution in [2.75, 3.05) is 21.3 Å². The van der Waals surface area contributed by atoms with E-state index in [-0.39, 0.29) is 11.9 Å². The molecular formula is C21H25NO5. The number of ether oxygens (including phenoxy) is 3. The third kappa shape index (κ3) is 3.31. The minimum Gasteiger partial charge on any atom is -0.493 e. The monoisotopic (exact) mass is 371 g/mol. The predicted molar refractivity (Wildman–Crippen MR) is 101 cm³/mol. The summed E-state index contributed by atoms with van der Waals surface area (Å²) >= 11 is 0. The van der Waals surface area contributed by atoms with Gasteiger partial charge < -0.3 is 19.1 Å². The van der Waals surface area contributed by atoms with Crippen LogP contribution < -0.4 is 9.47 Å². The van der Waals surface area contributed by atoms with Crippen LogP contribution in [0.4, 0.5) is 0 Å². The Hall–Kier alpha value is -2.76. The number of carbonyl (C=O) groups is 2. The van der Waals surface area contributed by atoms with Gasteiger partial charge in [-0.3, -0.25) is 4.79 Å². The zero-order chi connectivity index (χ0) is 19.6. The van der Waals surface area contributed by atoms with Gasteiger partial charge in [0, 0.05) is 17.3 Å². The summed E-state index contributed by atoms with van der Waals surface area (Å²) in [6, 6.07) is 5.56. The molecule has 1 amide bonds. The predicted octanol–water partition coefficient (Wildman–Crippen LogP) is 3.32. The maximum absolute atomic E-state index is 13.2. The number of hydrogen-bond donors (Lipinski definition) is 0. The lowest BCUT2D eigenvalue weighted by molar-refractivity contribution is -0.136. The molecule has 0 saturated heterocycles. The molecule has 1 aliphatic carbocycles. The number of rotatable bonds is 5. The van der Waals surface area contributed by atoms with Gasteiger partial charge in [-0.1, -0.05) is 25.0 Å². The quantitative estimate of drug-likeness (QED) is 0.587. The molecule has 1 aromatic rings. The fraction of sp³-hybridized carbons (Fsp3) is 0.429. The molecule has 0 N–H and O–H groups in total. The molecule has 0 spiro atoms. The van der Waals surface area contributed by atoms with Crippen LogP contribution in [0.2, 0.25) is 0 Å². The van der Waals surface area contributed by atoms with Crippen molar-refractivity contribution >= 4 is 18.0 Å². The highest BCUT2D eigenvalue weighted by molar-refractivity contribution is 6.16. The first-order valence-electron chi connectivity index (χ1n) is 9.09. The van der Waals surface area contributed by atoms with E-state index >= 15 is 0 Å². The standard InChI is InChI=1S/C21H25NO5/c1-13-18(21(24)27-4)16(20(23)22(13)15-9-5-6-10-15)12-14-8-7-11-17(25-2)19(14)26-3/h7-8,11-12,15H,5-6,9-10H2,1-4H3/b16-12-. The molecule has 1 aliphatic heterocycles. The lowest BCUT2D eigenvalue weighted by Gasteiger charge is -2.25. The molecule has 0 atom stereocenters. The first-order valence-corrected chi connectivity index (χ1v) is 9.09. The van der Waals surface area contributed by atoms with Crippen molar-refractivity contribution in [3.63, 3.8) is 0 Å². The normalized spacial score (nSPS) is 19.2. The molecule has 6 heteroatoms. The average Bonchev–Trinajstić information content (AvgIpc) is 3.28. The molecule has 1 aromatic carbocycles. The number of allylic oxidation sites excluding steroid dienone is 1. The van der Waals surface area contributed by atoms with E-state index in [2.05, 4.69) is 0 Å². The molecule has 6 nitrogen and oxygen atoms in total. The van der Waals surface area contributed by atoms with E-state index in [1.807, 2.05) is 19.1 Å². The van der Waals surface area contributed by atoms with Gasteiger partial charge in [-0.15, -0.1) is 0 Å². The van der Waals surface area contributed by atoms with Gasteiger partial charge in [0.15, 0.2) is 11.5 Å². The molecule has 2 aliphatic rings. The van der Waals surface area contributed by atoms with E-state index in [1.54, 1.807) is 31.3 Å². The number of esters is 1. The highest BCUT2D eigenvalue weighted by Crippen LogP contribution is 2.39. The van der Waals surface area contributed by atoms with E-state index in [1.165, 1.54) is 7.11 Å². The van der Waals surface area contributed by atoms with Crippen LogP contribution >= 0.6 is 0 Å². The summed E-state index contributed by atoms with van der Waals surface area (Å²) < 4.78 is 15.8. The summed E-state index contributed by atoms with van der Waals surface area (Å²) in [6.07, 6.45) is 5.78. The summed E-state index contributed by atoms with van der Waals surface area (Å²) in [5.41, 5.74) is 1.98. The Morgan fingerprint density at radius 3 is 2.44 bits per heavy atom. The molecule has 1 saturated carbocycles. The molecule has 0 bridgehead atoms. The van der Waals surface area contributed by atoms with E-state index in [0.29, 0.717) is 33.9 Å². The van der Waals surface area contributed by atoms with Crippen molar-refractivity contribution in [3.05, 3.63) is 40.6 Å². The molecule has 1 heterocycles. The van der Waals surface area contributed by atoms with Crippen LogP contribution in [0.3, 0.4) is 0 Å². The van der Waals surface area contributed by atoms with Crippen LogP contribution in [0, 0.1) is 0 Å². The van der Waals surface area contributed by atoms with Crippen LogP contribution in [-0.4, -0.2) is 44.1 Å². The Kier molecular flexibility index (Phi) is 5.54. The summed E-state index contributed by atoms with van der Waals surface area (Å²) in [7, 11) is 4.43.